The lowest BCUT2D eigenvalue weighted by Gasteiger charge is -2.34. The first kappa shape index (κ1) is 36.5. The summed E-state index contributed by atoms with van der Waals surface area (Å²) >= 11 is 0. The third-order valence-electron chi connectivity index (χ3n) is 13.6. The Kier molecular flexibility index (Phi) is 8.23. The van der Waals surface area contributed by atoms with Crippen LogP contribution < -0.4 is 20.7 Å². The zero-order chi connectivity index (χ0) is 42.2. The van der Waals surface area contributed by atoms with Crippen LogP contribution in [0, 0.1) is 0 Å². The van der Waals surface area contributed by atoms with Crippen LogP contribution in [0.5, 0.6) is 0 Å². The lowest BCUT2D eigenvalue weighted by Crippen LogP contribution is -2.74. The molecule has 0 saturated carbocycles. The molecule has 3 nitrogen and oxygen atoms in total. The first-order chi connectivity index (χ1) is 31.8. The Morgan fingerprint density at radius 1 is 0.234 bits per heavy atom. The molecule has 3 heterocycles. The zero-order valence-corrected chi connectivity index (χ0v) is 36.0. The van der Waals surface area contributed by atoms with Gasteiger partial charge in [-0.1, -0.05) is 188 Å². The number of nitrogens with zero attached hydrogens (tertiary/aromatic N) is 3. The standard InChI is InChI=1S/C60H41N3Si/c1-4-21-44(22-5-1)64(45-23-6-2-7-24-45,46-25-8-3-9-26-46)47-27-18-20-42(40-47)61-54-33-14-13-31-51(54)53-41-43(38-39-58(53)61)62-55-34-15-12-30-50(55)52-32-19-37-59(60(52)62)63-56-35-16-10-28-48(56)49-29-11-17-36-57(49)63/h1-41H. The molecule has 0 atom stereocenters. The maximum absolute atomic E-state index is 2.76. The fourth-order valence-corrected chi connectivity index (χ4v) is 15.7. The molecule has 13 rings (SSSR count). The van der Waals surface area contributed by atoms with Crippen LogP contribution in [-0.4, -0.2) is 21.8 Å². The van der Waals surface area contributed by atoms with Gasteiger partial charge in [-0.2, -0.15) is 0 Å². The minimum atomic E-state index is -2.76. The van der Waals surface area contributed by atoms with E-state index in [1.54, 1.807) is 0 Å². The number of para-hydroxylation sites is 5. The summed E-state index contributed by atoms with van der Waals surface area (Å²) in [5.41, 5.74) is 10.6. The van der Waals surface area contributed by atoms with E-state index in [2.05, 4.69) is 262 Å². The second-order valence-electron chi connectivity index (χ2n) is 16.8. The molecule has 64 heavy (non-hydrogen) atoms. The summed E-state index contributed by atoms with van der Waals surface area (Å²) in [6.45, 7) is 0. The second kappa shape index (κ2) is 14.5. The molecule has 0 amide bonds. The Labute approximate surface area is 372 Å². The predicted molar refractivity (Wildman–Crippen MR) is 273 cm³/mol. The first-order valence-electron chi connectivity index (χ1n) is 22.1. The molecule has 300 valence electrons. The average molecular weight is 832 g/mol. The van der Waals surface area contributed by atoms with E-state index in [9.17, 15) is 0 Å². The van der Waals surface area contributed by atoms with Crippen LogP contribution in [0.15, 0.2) is 249 Å². The van der Waals surface area contributed by atoms with Crippen molar-refractivity contribution in [1.29, 1.82) is 0 Å². The van der Waals surface area contributed by atoms with Crippen LogP contribution in [0.2, 0.25) is 0 Å². The van der Waals surface area contributed by atoms with E-state index in [1.807, 2.05) is 0 Å². The fourth-order valence-electron chi connectivity index (χ4n) is 11.0. The number of hydrogen-bond acceptors (Lipinski definition) is 0. The Morgan fingerprint density at radius 2 is 0.625 bits per heavy atom. The van der Waals surface area contributed by atoms with Crippen molar-refractivity contribution in [3.05, 3.63) is 249 Å². The van der Waals surface area contributed by atoms with Crippen molar-refractivity contribution in [3.8, 4) is 17.1 Å². The number of benzene rings is 10. The van der Waals surface area contributed by atoms with Gasteiger partial charge in [0.1, 0.15) is 0 Å². The van der Waals surface area contributed by atoms with Gasteiger partial charge < -0.3 is 13.7 Å². The van der Waals surface area contributed by atoms with E-state index < -0.39 is 8.07 Å². The van der Waals surface area contributed by atoms with Gasteiger partial charge in [-0.3, -0.25) is 0 Å². The van der Waals surface area contributed by atoms with Gasteiger partial charge in [0.05, 0.1) is 38.8 Å². The smallest absolute Gasteiger partial charge is 0.179 e. The topological polar surface area (TPSA) is 14.8 Å². The molecule has 0 aliphatic rings. The molecule has 10 aromatic carbocycles. The highest BCUT2D eigenvalue weighted by Gasteiger charge is 2.41. The Bertz CT molecular complexity index is 3750. The van der Waals surface area contributed by atoms with E-state index in [4.69, 9.17) is 0 Å². The summed E-state index contributed by atoms with van der Waals surface area (Å²) in [5.74, 6) is 0. The number of fused-ring (bicyclic) bond motifs is 9. The van der Waals surface area contributed by atoms with Gasteiger partial charge in [0, 0.05) is 43.7 Å². The van der Waals surface area contributed by atoms with Crippen molar-refractivity contribution in [2.45, 2.75) is 0 Å². The molecule has 3 aromatic heterocycles. The van der Waals surface area contributed by atoms with E-state index in [-0.39, 0.29) is 0 Å². The minimum Gasteiger partial charge on any atom is -0.309 e. The molecule has 0 aliphatic carbocycles. The highest BCUT2D eigenvalue weighted by atomic mass is 28.3. The van der Waals surface area contributed by atoms with Crippen molar-refractivity contribution >= 4 is 94.2 Å². The van der Waals surface area contributed by atoms with Gasteiger partial charge in [-0.05, 0) is 81.4 Å². The summed E-state index contributed by atoms with van der Waals surface area (Å²) in [6, 6.07) is 92.2. The molecule has 0 radical (unpaired) electrons. The molecule has 0 fully saturated rings. The number of rotatable bonds is 7. The average Bonchev–Trinajstić information content (AvgIpc) is 4.01. The Morgan fingerprint density at radius 3 is 1.19 bits per heavy atom. The van der Waals surface area contributed by atoms with Crippen LogP contribution in [0.1, 0.15) is 0 Å². The third-order valence-corrected chi connectivity index (χ3v) is 18.3. The maximum Gasteiger partial charge on any atom is 0.179 e. The normalized spacial score (nSPS) is 12.1. The zero-order valence-electron chi connectivity index (χ0n) is 35.0. The summed E-state index contributed by atoms with van der Waals surface area (Å²) in [6.07, 6.45) is 0. The molecule has 0 bridgehead atoms. The van der Waals surface area contributed by atoms with Gasteiger partial charge in [-0.15, -0.1) is 0 Å². The van der Waals surface area contributed by atoms with Crippen molar-refractivity contribution in [3.63, 3.8) is 0 Å². The molecule has 0 aliphatic heterocycles. The molecule has 0 N–H and O–H groups in total. The van der Waals surface area contributed by atoms with Gasteiger partial charge in [0.2, 0.25) is 0 Å². The van der Waals surface area contributed by atoms with Crippen LogP contribution >= 0.6 is 0 Å². The third kappa shape index (κ3) is 5.27. The number of aromatic nitrogens is 3. The first-order valence-corrected chi connectivity index (χ1v) is 24.1. The van der Waals surface area contributed by atoms with Crippen molar-refractivity contribution in [1.82, 2.24) is 13.7 Å². The maximum atomic E-state index is 2.50. The lowest BCUT2D eigenvalue weighted by atomic mass is 10.1. The molecule has 0 spiro atoms. The van der Waals surface area contributed by atoms with Gasteiger partial charge >= 0.3 is 0 Å². The minimum absolute atomic E-state index is 1.13. The van der Waals surface area contributed by atoms with E-state index in [0.717, 1.165) is 17.1 Å². The van der Waals surface area contributed by atoms with Crippen LogP contribution in [0.25, 0.3) is 82.5 Å². The molecule has 0 unspecified atom stereocenters. The van der Waals surface area contributed by atoms with Crippen molar-refractivity contribution < 1.29 is 0 Å². The quantitative estimate of drug-likeness (QED) is 0.112. The SMILES string of the molecule is c1ccc([Si](c2ccccc2)(c2ccccc2)c2cccc(-n3c4ccccc4c4cc(-n5c6ccccc6c6cccc(-n7c8ccccc8c8ccccc87)c65)ccc43)c2)cc1. The lowest BCUT2D eigenvalue weighted by molar-refractivity contribution is 1.13. The fraction of sp³-hybridized carbons (Fsp3) is 0. The van der Waals surface area contributed by atoms with Gasteiger partial charge in [0.15, 0.2) is 8.07 Å². The van der Waals surface area contributed by atoms with Crippen molar-refractivity contribution in [2.75, 3.05) is 0 Å². The van der Waals surface area contributed by atoms with E-state index in [1.165, 1.54) is 86.2 Å². The van der Waals surface area contributed by atoms with Crippen LogP contribution in [-0.2, 0) is 0 Å². The van der Waals surface area contributed by atoms with Crippen molar-refractivity contribution in [2.24, 2.45) is 0 Å². The molecular formula is C60H41N3Si. The number of hydrogen-bond donors (Lipinski definition) is 0. The second-order valence-corrected chi connectivity index (χ2v) is 20.7. The van der Waals surface area contributed by atoms with E-state index in [0.29, 0.717) is 0 Å². The largest absolute Gasteiger partial charge is 0.309 e. The van der Waals surface area contributed by atoms with E-state index >= 15 is 0 Å². The summed E-state index contributed by atoms with van der Waals surface area (Å²) in [5, 5.41) is 12.9. The van der Waals surface area contributed by atoms with Gasteiger partial charge in [0.25, 0.3) is 0 Å². The summed E-state index contributed by atoms with van der Waals surface area (Å²) in [4.78, 5) is 0. The monoisotopic (exact) mass is 831 g/mol. The Hall–Kier alpha value is -8.18. The molecular weight excluding hydrogens is 791 g/mol. The summed E-state index contributed by atoms with van der Waals surface area (Å²) < 4.78 is 7.44. The van der Waals surface area contributed by atoms with Crippen LogP contribution in [0.4, 0.5) is 0 Å². The molecule has 0 saturated heterocycles. The molecule has 4 heteroatoms. The highest BCUT2D eigenvalue weighted by molar-refractivity contribution is 7.19. The predicted octanol–water partition coefficient (Wildman–Crippen LogP) is 12.4. The van der Waals surface area contributed by atoms with Crippen LogP contribution in [0.3, 0.4) is 0 Å². The highest BCUT2D eigenvalue weighted by Crippen LogP contribution is 2.41. The summed E-state index contributed by atoms with van der Waals surface area (Å²) in [7, 11) is -2.76. The Balaban J connectivity index is 1.06. The molecule has 13 aromatic rings. The van der Waals surface area contributed by atoms with Gasteiger partial charge in [-0.25, -0.2) is 0 Å².